The lowest BCUT2D eigenvalue weighted by Gasteiger charge is -2.04. The van der Waals surface area contributed by atoms with Gasteiger partial charge < -0.3 is 0 Å². The molecule has 0 aromatic rings. The summed E-state index contributed by atoms with van der Waals surface area (Å²) in [7, 11) is 0. The van der Waals surface area contributed by atoms with Crippen LogP contribution in [0, 0.1) is 5.92 Å². The van der Waals surface area contributed by atoms with Crippen LogP contribution in [-0.4, -0.2) is 0 Å². The van der Waals surface area contributed by atoms with Crippen molar-refractivity contribution in [2.45, 2.75) is 32.1 Å². The molecule has 0 saturated heterocycles. The Morgan fingerprint density at radius 1 is 1.08 bits per heavy atom. The van der Waals surface area contributed by atoms with Gasteiger partial charge in [0.2, 0.25) is 0 Å². The summed E-state index contributed by atoms with van der Waals surface area (Å²) in [6.45, 7) is 0. The van der Waals surface area contributed by atoms with E-state index in [-0.39, 0.29) is 0 Å². The van der Waals surface area contributed by atoms with Crippen molar-refractivity contribution >= 4 is 0 Å². The molecule has 0 heterocycles. The topological polar surface area (TPSA) is 0 Å². The molecule has 0 aromatic heterocycles. The highest BCUT2D eigenvalue weighted by Gasteiger charge is 2.12. The van der Waals surface area contributed by atoms with Crippen molar-refractivity contribution in [3.8, 4) is 0 Å². The average Bonchev–Trinajstić information content (AvgIpc) is 2.59. The first-order valence-electron chi connectivity index (χ1n) is 5.00. The van der Waals surface area contributed by atoms with Crippen LogP contribution in [0.1, 0.15) is 32.1 Å². The van der Waals surface area contributed by atoms with Crippen molar-refractivity contribution in [3.05, 3.63) is 36.0 Å². The fourth-order valence-electron chi connectivity index (χ4n) is 2.05. The van der Waals surface area contributed by atoms with Gasteiger partial charge in [0.15, 0.2) is 0 Å². The Balaban J connectivity index is 2.01. The molecule has 0 spiro atoms. The summed E-state index contributed by atoms with van der Waals surface area (Å²) in [5, 5.41) is 0. The SMILES string of the molecule is C1=CC(=CC2CCCC2)C=CC1. The lowest BCUT2D eigenvalue weighted by Crippen LogP contribution is -1.89. The molecule has 2 rings (SSSR count). The largest absolute Gasteiger partial charge is 0.0802 e. The maximum absolute atomic E-state index is 2.44. The van der Waals surface area contributed by atoms with Gasteiger partial charge in [0.25, 0.3) is 0 Å². The average molecular weight is 160 g/mol. The molecule has 0 radical (unpaired) electrons. The summed E-state index contributed by atoms with van der Waals surface area (Å²) < 4.78 is 0. The molecule has 0 N–H and O–H groups in total. The van der Waals surface area contributed by atoms with Crippen LogP contribution in [0.2, 0.25) is 0 Å². The minimum Gasteiger partial charge on any atom is -0.0802 e. The predicted octanol–water partition coefficient (Wildman–Crippen LogP) is 3.62. The number of allylic oxidation sites excluding steroid dienone is 6. The Morgan fingerprint density at radius 3 is 2.42 bits per heavy atom. The van der Waals surface area contributed by atoms with E-state index in [4.69, 9.17) is 0 Å². The molecule has 0 heteroatoms. The van der Waals surface area contributed by atoms with Gasteiger partial charge >= 0.3 is 0 Å². The Hall–Kier alpha value is -0.780. The highest BCUT2D eigenvalue weighted by atomic mass is 14.2. The summed E-state index contributed by atoms with van der Waals surface area (Å²) >= 11 is 0. The van der Waals surface area contributed by atoms with Crippen molar-refractivity contribution in [1.29, 1.82) is 0 Å². The van der Waals surface area contributed by atoms with Crippen molar-refractivity contribution < 1.29 is 0 Å². The summed E-state index contributed by atoms with van der Waals surface area (Å²) in [5.41, 5.74) is 1.42. The second-order valence-electron chi connectivity index (χ2n) is 3.75. The monoisotopic (exact) mass is 160 g/mol. The zero-order valence-corrected chi connectivity index (χ0v) is 7.50. The highest BCUT2D eigenvalue weighted by Crippen LogP contribution is 2.27. The van der Waals surface area contributed by atoms with Gasteiger partial charge in [-0.25, -0.2) is 0 Å². The smallest absolute Gasteiger partial charge is 0.0163 e. The summed E-state index contributed by atoms with van der Waals surface area (Å²) in [6.07, 6.45) is 18.2. The fraction of sp³-hybridized carbons (Fsp3) is 0.500. The van der Waals surface area contributed by atoms with Gasteiger partial charge in [0.05, 0.1) is 0 Å². The number of hydrogen-bond donors (Lipinski definition) is 0. The summed E-state index contributed by atoms with van der Waals surface area (Å²) in [4.78, 5) is 0. The Morgan fingerprint density at radius 2 is 1.75 bits per heavy atom. The number of rotatable bonds is 1. The minimum atomic E-state index is 0.868. The molecular formula is C12H16. The molecule has 0 atom stereocenters. The van der Waals surface area contributed by atoms with Gasteiger partial charge in [-0.15, -0.1) is 0 Å². The van der Waals surface area contributed by atoms with Gasteiger partial charge in [-0.3, -0.25) is 0 Å². The third kappa shape index (κ3) is 1.88. The van der Waals surface area contributed by atoms with Crippen molar-refractivity contribution in [1.82, 2.24) is 0 Å². The molecule has 12 heavy (non-hydrogen) atoms. The zero-order valence-electron chi connectivity index (χ0n) is 7.50. The first kappa shape index (κ1) is 7.85. The van der Waals surface area contributed by atoms with E-state index in [0.717, 1.165) is 12.3 Å². The second kappa shape index (κ2) is 3.75. The lowest BCUT2D eigenvalue weighted by molar-refractivity contribution is 0.683. The third-order valence-corrected chi connectivity index (χ3v) is 2.72. The molecule has 2 aliphatic carbocycles. The molecule has 0 nitrogen and oxygen atoms in total. The predicted molar refractivity (Wildman–Crippen MR) is 52.9 cm³/mol. The van der Waals surface area contributed by atoms with Crippen LogP contribution in [-0.2, 0) is 0 Å². The van der Waals surface area contributed by atoms with Gasteiger partial charge in [-0.1, -0.05) is 43.2 Å². The summed E-state index contributed by atoms with van der Waals surface area (Å²) in [5.74, 6) is 0.868. The second-order valence-corrected chi connectivity index (χ2v) is 3.75. The Bertz CT molecular complexity index is 210. The normalized spacial score (nSPS) is 23.5. The Labute approximate surface area is 74.7 Å². The Kier molecular flexibility index (Phi) is 2.45. The molecule has 0 amide bonds. The van der Waals surface area contributed by atoms with Gasteiger partial charge in [-0.05, 0) is 30.8 Å². The van der Waals surface area contributed by atoms with E-state index in [0.29, 0.717) is 0 Å². The van der Waals surface area contributed by atoms with E-state index in [1.165, 1.54) is 31.3 Å². The molecule has 0 bridgehead atoms. The van der Waals surface area contributed by atoms with Crippen LogP contribution < -0.4 is 0 Å². The quantitative estimate of drug-likeness (QED) is 0.549. The van der Waals surface area contributed by atoms with Crippen LogP contribution in [0.5, 0.6) is 0 Å². The van der Waals surface area contributed by atoms with Crippen LogP contribution >= 0.6 is 0 Å². The maximum atomic E-state index is 2.44. The van der Waals surface area contributed by atoms with Crippen LogP contribution in [0.3, 0.4) is 0 Å². The molecule has 2 aliphatic rings. The van der Waals surface area contributed by atoms with Crippen molar-refractivity contribution in [2.24, 2.45) is 5.92 Å². The molecule has 0 unspecified atom stereocenters. The molecule has 1 saturated carbocycles. The van der Waals surface area contributed by atoms with E-state index < -0.39 is 0 Å². The molecule has 64 valence electrons. The molecule has 1 fully saturated rings. The van der Waals surface area contributed by atoms with E-state index in [2.05, 4.69) is 30.4 Å². The van der Waals surface area contributed by atoms with Crippen molar-refractivity contribution in [3.63, 3.8) is 0 Å². The van der Waals surface area contributed by atoms with Crippen LogP contribution in [0.4, 0.5) is 0 Å². The molecular weight excluding hydrogens is 144 g/mol. The van der Waals surface area contributed by atoms with E-state index >= 15 is 0 Å². The molecule has 0 aliphatic heterocycles. The lowest BCUT2D eigenvalue weighted by atomic mass is 10.0. The van der Waals surface area contributed by atoms with Gasteiger partial charge in [0, 0.05) is 0 Å². The standard InChI is InChI=1S/C12H16/c1-2-6-11(7-3-1)10-12-8-4-5-9-12/h2-3,6-7,10,12H,1,4-5,8-9H2. The van der Waals surface area contributed by atoms with Crippen LogP contribution in [0.15, 0.2) is 36.0 Å². The first-order valence-corrected chi connectivity index (χ1v) is 5.00. The van der Waals surface area contributed by atoms with Crippen LogP contribution in [0.25, 0.3) is 0 Å². The third-order valence-electron chi connectivity index (χ3n) is 2.72. The van der Waals surface area contributed by atoms with E-state index in [1.54, 1.807) is 0 Å². The molecule has 0 aromatic carbocycles. The van der Waals surface area contributed by atoms with E-state index in [9.17, 15) is 0 Å². The fourth-order valence-corrected chi connectivity index (χ4v) is 2.05. The van der Waals surface area contributed by atoms with Gasteiger partial charge in [0.1, 0.15) is 0 Å². The summed E-state index contributed by atoms with van der Waals surface area (Å²) in [6, 6.07) is 0. The maximum Gasteiger partial charge on any atom is -0.0163 e. The van der Waals surface area contributed by atoms with Gasteiger partial charge in [-0.2, -0.15) is 0 Å². The highest BCUT2D eigenvalue weighted by molar-refractivity contribution is 5.34. The van der Waals surface area contributed by atoms with Crippen molar-refractivity contribution in [2.75, 3.05) is 0 Å². The van der Waals surface area contributed by atoms with E-state index in [1.807, 2.05) is 0 Å². The zero-order chi connectivity index (χ0) is 8.23. The first-order chi connectivity index (χ1) is 5.95. The number of hydrogen-bond acceptors (Lipinski definition) is 0. The minimum absolute atomic E-state index is 0.868.